The number of hydrogen-bond acceptors (Lipinski definition) is 6. The SMILES string of the molecule is O=C(O)C(F)(F)F.O=C(O)C(F)(F)F.[Rh].[Rh].c1ccc2c(c1)C[C@@H](COP(C1CCCC1)C1CCCC1)N2P(C1CCCC1)C1CCCC1.c1ccc2c(c1)C[C@@H](COP(C1CCCC1)C1CCCC1)N2P(C1CCCC1)C1CCCC1. The normalized spacial score (nSPS) is 24.2. The standard InChI is InChI=1S/2C29H45NOP2.2C2HF3O2.2Rh/c2*1-10-20-29-23(11-1)21-24(22-31-33(27-16-6-7-17-27)28-18-8-9-19-28)30(29)32(25-12-2-3-13-25)26-14-4-5-15-26;2*3-2(4,5)1(6)7;;/h2*1,10-11,20,24-28H,2-9,12-19,21-22H2;2*(H,6,7);;/t2*24-;;;;/m00..../s1. The maximum absolute atomic E-state index is 10.6. The molecule has 2 aromatic rings. The second-order valence-corrected chi connectivity index (χ2v) is 35.0. The minimum absolute atomic E-state index is 0. The average Bonchev–Trinajstić information content (AvgIpc) is 4.41. The molecule has 2 N–H and O–H groups in total. The van der Waals surface area contributed by atoms with Crippen molar-refractivity contribution in [1.82, 2.24) is 0 Å². The molecule has 466 valence electrons. The number of anilines is 2. The average molecular weight is 1410 g/mol. The van der Waals surface area contributed by atoms with Crippen LogP contribution < -0.4 is 9.34 Å². The van der Waals surface area contributed by atoms with Gasteiger partial charge in [-0.1, -0.05) is 139 Å². The van der Waals surface area contributed by atoms with Gasteiger partial charge in [-0.25, -0.2) is 9.59 Å². The van der Waals surface area contributed by atoms with Crippen LogP contribution in [0.3, 0.4) is 0 Å². The number of carboxylic acids is 2. The van der Waals surface area contributed by atoms with Gasteiger partial charge in [0.2, 0.25) is 0 Å². The first-order valence-electron chi connectivity index (χ1n) is 31.4. The predicted octanol–water partition coefficient (Wildman–Crippen LogP) is 19.3. The summed E-state index contributed by atoms with van der Waals surface area (Å²) in [7, 11) is -0.628. The number of nitrogens with zero attached hydrogens (tertiary/aromatic N) is 2. The van der Waals surface area contributed by atoms with Crippen molar-refractivity contribution < 1.29 is 94.1 Å². The van der Waals surface area contributed by atoms with Crippen LogP contribution in [-0.4, -0.2) is 105 Å². The summed E-state index contributed by atoms with van der Waals surface area (Å²) in [4.78, 5) is 17.8. The molecule has 0 saturated heterocycles. The summed E-state index contributed by atoms with van der Waals surface area (Å²) >= 11 is 0. The Morgan fingerprint density at radius 1 is 0.402 bits per heavy atom. The number of halogens is 6. The van der Waals surface area contributed by atoms with Gasteiger partial charge in [-0.05, 0) is 178 Å². The molecule has 0 amide bonds. The second-order valence-electron chi connectivity index (χ2n) is 24.8. The van der Waals surface area contributed by atoms with Crippen molar-refractivity contribution in [1.29, 1.82) is 0 Å². The van der Waals surface area contributed by atoms with Gasteiger partial charge in [-0.2, -0.15) is 26.3 Å². The Kier molecular flexibility index (Phi) is 28.0. The first kappa shape index (κ1) is 68.9. The van der Waals surface area contributed by atoms with Crippen LogP contribution in [0.2, 0.25) is 0 Å². The zero-order chi connectivity index (χ0) is 56.2. The van der Waals surface area contributed by atoms with E-state index in [0.29, 0.717) is 12.1 Å². The summed E-state index contributed by atoms with van der Waals surface area (Å²) in [5.74, 6) is -5.51. The third-order valence-corrected chi connectivity index (χ3v) is 32.4. The predicted molar refractivity (Wildman–Crippen MR) is 318 cm³/mol. The van der Waals surface area contributed by atoms with Crippen LogP contribution in [0.4, 0.5) is 37.7 Å². The number of hydrogen-bond donors (Lipinski definition) is 2. The molecule has 8 nitrogen and oxygen atoms in total. The summed E-state index contributed by atoms with van der Waals surface area (Å²) in [6.07, 6.45) is 39.3. The van der Waals surface area contributed by atoms with Crippen LogP contribution in [0.1, 0.15) is 217 Å². The van der Waals surface area contributed by atoms with Crippen molar-refractivity contribution in [2.24, 2.45) is 0 Å². The van der Waals surface area contributed by atoms with E-state index in [2.05, 4.69) is 57.9 Å². The van der Waals surface area contributed by atoms with Crippen molar-refractivity contribution in [2.45, 2.75) is 288 Å². The molecule has 82 heavy (non-hydrogen) atoms. The van der Waals surface area contributed by atoms with Gasteiger partial charge in [-0.15, -0.1) is 0 Å². The Labute approximate surface area is 516 Å². The van der Waals surface area contributed by atoms with E-state index in [4.69, 9.17) is 28.8 Å². The Balaban J connectivity index is 0.000000188. The van der Waals surface area contributed by atoms with E-state index in [1.807, 2.05) is 0 Å². The van der Waals surface area contributed by atoms with Gasteiger partial charge in [0.05, 0.1) is 25.3 Å². The van der Waals surface area contributed by atoms with Gasteiger partial charge >= 0.3 is 24.3 Å². The number of aliphatic carboxylic acids is 2. The van der Waals surface area contributed by atoms with Gasteiger partial charge in [0.1, 0.15) is 0 Å². The maximum Gasteiger partial charge on any atom is 0.490 e. The van der Waals surface area contributed by atoms with Gasteiger partial charge in [0, 0.05) is 89.3 Å². The molecule has 20 heteroatoms. The first-order chi connectivity index (χ1) is 38.7. The molecule has 8 aliphatic carbocycles. The molecule has 2 heterocycles. The number of carbonyl (C=O) groups is 2. The molecule has 8 saturated carbocycles. The maximum atomic E-state index is 10.6. The van der Waals surface area contributed by atoms with Gasteiger partial charge in [-0.3, -0.25) is 0 Å². The molecule has 8 fully saturated rings. The summed E-state index contributed by atoms with van der Waals surface area (Å²) in [6, 6.07) is 20.1. The van der Waals surface area contributed by atoms with Crippen LogP contribution in [0, 0.1) is 0 Å². The first-order valence-corrected chi connectivity index (χ1v) is 37.0. The monoisotopic (exact) mass is 1400 g/mol. The van der Waals surface area contributed by atoms with E-state index >= 15 is 0 Å². The Bertz CT molecular complexity index is 2010. The van der Waals surface area contributed by atoms with Crippen molar-refractivity contribution in [3.63, 3.8) is 0 Å². The number of fused-ring (bicyclic) bond motifs is 2. The number of alkyl halides is 6. The second kappa shape index (κ2) is 33.3. The Hall–Kier alpha value is -0.553. The van der Waals surface area contributed by atoms with Crippen LogP contribution in [-0.2, 0) is 70.4 Å². The quantitative estimate of drug-likeness (QED) is 0.0974. The Morgan fingerprint density at radius 2 is 0.610 bits per heavy atom. The number of rotatable bonds is 16. The Morgan fingerprint density at radius 3 is 0.829 bits per heavy atom. The molecule has 2 radical (unpaired) electrons. The molecule has 12 rings (SSSR count). The molecule has 2 aromatic carbocycles. The fourth-order valence-electron chi connectivity index (χ4n) is 15.7. The van der Waals surface area contributed by atoms with Crippen LogP contribution in [0.5, 0.6) is 0 Å². The van der Waals surface area contributed by atoms with E-state index in [1.165, 1.54) is 218 Å². The van der Waals surface area contributed by atoms with Crippen molar-refractivity contribution >= 4 is 55.8 Å². The summed E-state index contributed by atoms with van der Waals surface area (Å²) in [5.41, 5.74) is 14.0. The van der Waals surface area contributed by atoms with E-state index < -0.39 is 24.3 Å². The summed E-state index contributed by atoms with van der Waals surface area (Å²) in [6.45, 7) is 2.01. The van der Waals surface area contributed by atoms with Crippen molar-refractivity contribution in [3.05, 3.63) is 59.7 Å². The van der Waals surface area contributed by atoms with Gasteiger partial charge in [0.15, 0.2) is 0 Å². The van der Waals surface area contributed by atoms with Crippen molar-refractivity contribution in [2.75, 3.05) is 22.6 Å². The summed E-state index contributed by atoms with van der Waals surface area (Å²) in [5, 5.41) is 14.2. The van der Waals surface area contributed by atoms with E-state index in [-0.39, 0.29) is 71.4 Å². The molecule has 0 unspecified atom stereocenters. The number of benzene rings is 2. The molecular weight excluding hydrogens is 1310 g/mol. The molecule has 2 aliphatic heterocycles. The van der Waals surface area contributed by atoms with E-state index in [9.17, 15) is 26.3 Å². The van der Waals surface area contributed by atoms with Gasteiger partial charge < -0.3 is 28.6 Å². The fraction of sp³-hybridized carbons (Fsp3) is 0.774. The van der Waals surface area contributed by atoms with Gasteiger partial charge in [0.25, 0.3) is 0 Å². The van der Waals surface area contributed by atoms with E-state index in [0.717, 1.165) is 58.5 Å². The van der Waals surface area contributed by atoms with Crippen LogP contribution >= 0.6 is 32.4 Å². The zero-order valence-corrected chi connectivity index (χ0v) is 54.8. The molecule has 2 atom stereocenters. The minimum Gasteiger partial charge on any atom is -0.475 e. The third kappa shape index (κ3) is 18.3. The van der Waals surface area contributed by atoms with Crippen LogP contribution in [0.15, 0.2) is 48.5 Å². The molecule has 0 aromatic heterocycles. The zero-order valence-electron chi connectivity index (χ0n) is 48.0. The summed E-state index contributed by atoms with van der Waals surface area (Å²) < 4.78 is 83.9. The van der Waals surface area contributed by atoms with Crippen molar-refractivity contribution in [3.8, 4) is 0 Å². The molecule has 0 spiro atoms. The molecule has 0 bridgehead atoms. The number of carboxylic acid groups (broad SMARTS) is 2. The van der Waals surface area contributed by atoms with Crippen LogP contribution in [0.25, 0.3) is 0 Å². The molecular formula is C62H92F6N2O6P4Rh2. The molecule has 10 aliphatic rings. The largest absolute Gasteiger partial charge is 0.490 e. The van der Waals surface area contributed by atoms with E-state index in [1.54, 1.807) is 22.5 Å². The third-order valence-electron chi connectivity index (χ3n) is 19.4. The fourth-order valence-corrected chi connectivity index (χ4v) is 30.1. The number of para-hydroxylation sites is 2. The topological polar surface area (TPSA) is 99.5 Å². The smallest absolute Gasteiger partial charge is 0.475 e. The minimum atomic E-state index is -5.08.